The number of carbonyl (C=O) groups is 1. The van der Waals surface area contributed by atoms with E-state index in [1.165, 1.54) is 16.2 Å². The van der Waals surface area contributed by atoms with E-state index in [2.05, 4.69) is 26.8 Å². The Morgan fingerprint density at radius 1 is 1.50 bits per heavy atom. The second-order valence-electron chi connectivity index (χ2n) is 3.87. The topological polar surface area (TPSA) is 71.2 Å². The van der Waals surface area contributed by atoms with Crippen molar-refractivity contribution in [3.8, 4) is 0 Å². The highest BCUT2D eigenvalue weighted by atomic mass is 32.1. The Kier molecular flexibility index (Phi) is 4.43. The molecule has 2 aromatic rings. The number of thiophene rings is 1. The SMILES string of the molecule is CN(Cc1csc(C(=O)NN)n1)Cc1cccs1. The minimum Gasteiger partial charge on any atom is -0.295 e. The highest BCUT2D eigenvalue weighted by Gasteiger charge is 2.11. The van der Waals surface area contributed by atoms with Gasteiger partial charge in [-0.15, -0.1) is 22.7 Å². The zero-order valence-electron chi connectivity index (χ0n) is 9.92. The van der Waals surface area contributed by atoms with Crippen molar-refractivity contribution in [2.24, 2.45) is 5.84 Å². The number of hydrogen-bond donors (Lipinski definition) is 2. The monoisotopic (exact) mass is 282 g/mol. The van der Waals surface area contributed by atoms with E-state index in [-0.39, 0.29) is 5.91 Å². The molecule has 18 heavy (non-hydrogen) atoms. The van der Waals surface area contributed by atoms with Crippen LogP contribution in [0.15, 0.2) is 22.9 Å². The quantitative estimate of drug-likeness (QED) is 0.494. The summed E-state index contributed by atoms with van der Waals surface area (Å²) in [7, 11) is 2.03. The van der Waals surface area contributed by atoms with Gasteiger partial charge in [-0.1, -0.05) is 6.07 Å². The van der Waals surface area contributed by atoms with Crippen molar-refractivity contribution in [2.75, 3.05) is 7.05 Å². The molecule has 1 amide bonds. The molecule has 0 unspecified atom stereocenters. The van der Waals surface area contributed by atoms with E-state index < -0.39 is 0 Å². The van der Waals surface area contributed by atoms with E-state index in [9.17, 15) is 4.79 Å². The first-order chi connectivity index (χ1) is 8.69. The summed E-state index contributed by atoms with van der Waals surface area (Å²) in [4.78, 5) is 19.0. The Morgan fingerprint density at radius 3 is 3.00 bits per heavy atom. The van der Waals surface area contributed by atoms with Crippen molar-refractivity contribution in [3.63, 3.8) is 0 Å². The van der Waals surface area contributed by atoms with Crippen LogP contribution in [0, 0.1) is 0 Å². The first-order valence-corrected chi connectivity index (χ1v) is 7.11. The first kappa shape index (κ1) is 13.2. The second kappa shape index (κ2) is 6.05. The predicted octanol–water partition coefficient (Wildman–Crippen LogP) is 1.44. The van der Waals surface area contributed by atoms with Crippen molar-refractivity contribution in [3.05, 3.63) is 38.5 Å². The molecular formula is C11H14N4OS2. The molecule has 2 aromatic heterocycles. The third kappa shape index (κ3) is 3.36. The maximum Gasteiger partial charge on any atom is 0.294 e. The van der Waals surface area contributed by atoms with Gasteiger partial charge in [-0.25, -0.2) is 10.8 Å². The molecule has 0 aliphatic heterocycles. The molecule has 0 spiro atoms. The van der Waals surface area contributed by atoms with E-state index in [1.54, 1.807) is 11.3 Å². The fourth-order valence-electron chi connectivity index (χ4n) is 1.55. The third-order valence-electron chi connectivity index (χ3n) is 2.31. The summed E-state index contributed by atoms with van der Waals surface area (Å²) in [6.45, 7) is 1.60. The molecule has 0 atom stereocenters. The van der Waals surface area contributed by atoms with Gasteiger partial charge in [0.15, 0.2) is 5.01 Å². The zero-order valence-corrected chi connectivity index (χ0v) is 11.6. The van der Waals surface area contributed by atoms with Crippen LogP contribution in [0.4, 0.5) is 0 Å². The number of carbonyl (C=O) groups excluding carboxylic acids is 1. The maximum atomic E-state index is 11.3. The van der Waals surface area contributed by atoms with Crippen LogP contribution < -0.4 is 11.3 Å². The number of hydrazine groups is 1. The van der Waals surface area contributed by atoms with E-state index in [0.29, 0.717) is 11.6 Å². The lowest BCUT2D eigenvalue weighted by Gasteiger charge is -2.13. The summed E-state index contributed by atoms with van der Waals surface area (Å²) in [6, 6.07) is 4.15. The molecule has 5 nitrogen and oxygen atoms in total. The van der Waals surface area contributed by atoms with E-state index in [0.717, 1.165) is 12.2 Å². The van der Waals surface area contributed by atoms with Crippen LogP contribution in [0.25, 0.3) is 0 Å². The molecule has 0 saturated carbocycles. The van der Waals surface area contributed by atoms with Crippen LogP contribution in [0.1, 0.15) is 20.4 Å². The molecule has 3 N–H and O–H groups in total. The van der Waals surface area contributed by atoms with Crippen LogP contribution in [0.3, 0.4) is 0 Å². The van der Waals surface area contributed by atoms with Gasteiger partial charge in [-0.2, -0.15) is 0 Å². The number of nitrogens with one attached hydrogen (secondary N) is 1. The Bertz CT molecular complexity index is 509. The number of rotatable bonds is 5. The van der Waals surface area contributed by atoms with E-state index in [4.69, 9.17) is 5.84 Å². The van der Waals surface area contributed by atoms with Gasteiger partial charge < -0.3 is 0 Å². The second-order valence-corrected chi connectivity index (χ2v) is 5.76. The van der Waals surface area contributed by atoms with Gasteiger partial charge in [-0.05, 0) is 18.5 Å². The molecule has 0 radical (unpaired) electrons. The van der Waals surface area contributed by atoms with E-state index in [1.807, 2.05) is 18.5 Å². The van der Waals surface area contributed by atoms with Gasteiger partial charge >= 0.3 is 0 Å². The van der Waals surface area contributed by atoms with Crippen molar-refractivity contribution in [2.45, 2.75) is 13.1 Å². The van der Waals surface area contributed by atoms with Gasteiger partial charge in [0.1, 0.15) is 0 Å². The van der Waals surface area contributed by atoms with Crippen molar-refractivity contribution in [1.82, 2.24) is 15.3 Å². The molecule has 0 saturated heterocycles. The minimum absolute atomic E-state index is 0.341. The Balaban J connectivity index is 1.92. The summed E-state index contributed by atoms with van der Waals surface area (Å²) >= 11 is 3.04. The summed E-state index contributed by atoms with van der Waals surface area (Å²) in [5, 5.41) is 4.35. The van der Waals surface area contributed by atoms with Crippen LogP contribution in [-0.4, -0.2) is 22.8 Å². The number of nitrogens with two attached hydrogens (primary N) is 1. The molecule has 0 aliphatic carbocycles. The normalized spacial score (nSPS) is 10.8. The molecule has 96 valence electrons. The lowest BCUT2D eigenvalue weighted by molar-refractivity contribution is 0.0953. The average molecular weight is 282 g/mol. The van der Waals surface area contributed by atoms with Crippen molar-refractivity contribution in [1.29, 1.82) is 0 Å². The number of amides is 1. The molecule has 0 aromatic carbocycles. The van der Waals surface area contributed by atoms with Gasteiger partial charge in [-0.3, -0.25) is 15.1 Å². The van der Waals surface area contributed by atoms with Gasteiger partial charge in [0, 0.05) is 23.3 Å². The molecular weight excluding hydrogens is 268 g/mol. The molecule has 2 heterocycles. The van der Waals surface area contributed by atoms with Gasteiger partial charge in [0.05, 0.1) is 5.69 Å². The summed E-state index contributed by atoms with van der Waals surface area (Å²) < 4.78 is 0. The number of nitrogen functional groups attached to an aromatic ring is 1. The van der Waals surface area contributed by atoms with Crippen LogP contribution in [0.5, 0.6) is 0 Å². The lowest BCUT2D eigenvalue weighted by Crippen LogP contribution is -2.29. The molecule has 0 aliphatic rings. The smallest absolute Gasteiger partial charge is 0.294 e. The fourth-order valence-corrected chi connectivity index (χ4v) is 3.04. The lowest BCUT2D eigenvalue weighted by atomic mass is 10.4. The standard InChI is InChI=1S/C11H14N4OS2/c1-15(6-9-3-2-4-17-9)5-8-7-18-11(13-8)10(16)14-12/h2-4,7H,5-6,12H2,1H3,(H,14,16). The number of aromatic nitrogens is 1. The Hall–Kier alpha value is -1.28. The minimum atomic E-state index is -0.341. The van der Waals surface area contributed by atoms with Gasteiger partial charge in [0.25, 0.3) is 5.91 Å². The Morgan fingerprint density at radius 2 is 2.33 bits per heavy atom. The largest absolute Gasteiger partial charge is 0.295 e. The average Bonchev–Trinajstić information content (AvgIpc) is 2.99. The summed E-state index contributed by atoms with van der Waals surface area (Å²) in [5.41, 5.74) is 2.97. The zero-order chi connectivity index (χ0) is 13.0. The van der Waals surface area contributed by atoms with E-state index >= 15 is 0 Å². The predicted molar refractivity (Wildman–Crippen MR) is 73.3 cm³/mol. The van der Waals surface area contributed by atoms with Gasteiger partial charge in [0.2, 0.25) is 0 Å². The van der Waals surface area contributed by atoms with Crippen molar-refractivity contribution < 1.29 is 4.79 Å². The summed E-state index contributed by atoms with van der Waals surface area (Å²) in [6.07, 6.45) is 0. The van der Waals surface area contributed by atoms with Crippen LogP contribution in [0.2, 0.25) is 0 Å². The molecule has 7 heteroatoms. The highest BCUT2D eigenvalue weighted by molar-refractivity contribution is 7.11. The number of nitrogens with zero attached hydrogens (tertiary/aromatic N) is 2. The first-order valence-electron chi connectivity index (χ1n) is 5.35. The third-order valence-corrected chi connectivity index (χ3v) is 4.07. The number of thiazole rings is 1. The Labute approximate surface area is 113 Å². The molecule has 2 rings (SSSR count). The molecule has 0 fully saturated rings. The van der Waals surface area contributed by atoms with Crippen LogP contribution >= 0.6 is 22.7 Å². The number of hydrogen-bond acceptors (Lipinski definition) is 6. The fraction of sp³-hybridized carbons (Fsp3) is 0.273. The molecule has 0 bridgehead atoms. The van der Waals surface area contributed by atoms with Crippen LogP contribution in [-0.2, 0) is 13.1 Å². The maximum absolute atomic E-state index is 11.3. The highest BCUT2D eigenvalue weighted by Crippen LogP contribution is 2.14. The van der Waals surface area contributed by atoms with Crippen molar-refractivity contribution >= 4 is 28.6 Å². The summed E-state index contributed by atoms with van der Waals surface area (Å²) in [5.74, 6) is 4.72.